The van der Waals surface area contributed by atoms with Crippen LogP contribution in [0.5, 0.6) is 0 Å². The maximum absolute atomic E-state index is 4.72. The number of hydrogen-bond donors (Lipinski definition) is 1. The van der Waals surface area contributed by atoms with E-state index in [1.165, 1.54) is 12.8 Å². The predicted molar refractivity (Wildman–Crippen MR) is 84.1 cm³/mol. The molecule has 20 heavy (non-hydrogen) atoms. The molecule has 0 saturated heterocycles. The zero-order valence-electron chi connectivity index (χ0n) is 12.7. The Morgan fingerprint density at radius 3 is 2.60 bits per heavy atom. The van der Waals surface area contributed by atoms with Crippen molar-refractivity contribution in [1.29, 1.82) is 0 Å². The van der Waals surface area contributed by atoms with Crippen molar-refractivity contribution >= 4 is 0 Å². The average molecular weight is 271 g/mol. The molecule has 108 valence electrons. The van der Waals surface area contributed by atoms with Crippen LogP contribution in [0.3, 0.4) is 0 Å². The molecular weight excluding hydrogens is 246 g/mol. The third-order valence-corrected chi connectivity index (χ3v) is 3.76. The summed E-state index contributed by atoms with van der Waals surface area (Å²) < 4.78 is 1.95. The molecule has 3 heteroatoms. The second kappa shape index (κ2) is 7.25. The number of rotatable bonds is 7. The third-order valence-electron chi connectivity index (χ3n) is 3.76. The molecule has 1 aromatic heterocycles. The molecule has 0 aliphatic rings. The summed E-state index contributed by atoms with van der Waals surface area (Å²) >= 11 is 0. The molecule has 2 atom stereocenters. The number of nitrogens with zero attached hydrogens (tertiary/aromatic N) is 2. The molecule has 1 heterocycles. The van der Waals surface area contributed by atoms with Gasteiger partial charge in [-0.1, -0.05) is 44.9 Å². The highest BCUT2D eigenvalue weighted by Gasteiger charge is 2.16. The van der Waals surface area contributed by atoms with Gasteiger partial charge in [0.05, 0.1) is 17.4 Å². The normalized spacial score (nSPS) is 14.2. The fourth-order valence-corrected chi connectivity index (χ4v) is 2.65. The fraction of sp³-hybridized carbons (Fsp3) is 0.471. The standard InChI is InChI=1S/C17H25N3/c1-4-8-14(2)13-17(18-3)16-11-12-20(19-16)15-9-6-5-7-10-15/h5-7,9-12,14,17-18H,4,8,13H2,1-3H3. The van der Waals surface area contributed by atoms with Gasteiger partial charge >= 0.3 is 0 Å². The molecule has 0 bridgehead atoms. The Labute approximate surface area is 122 Å². The van der Waals surface area contributed by atoms with Crippen LogP contribution in [0.15, 0.2) is 42.6 Å². The van der Waals surface area contributed by atoms with Gasteiger partial charge in [0, 0.05) is 6.20 Å². The van der Waals surface area contributed by atoms with Crippen molar-refractivity contribution < 1.29 is 0 Å². The van der Waals surface area contributed by atoms with Crippen molar-refractivity contribution in [3.05, 3.63) is 48.3 Å². The monoisotopic (exact) mass is 271 g/mol. The van der Waals surface area contributed by atoms with Crippen LogP contribution in [-0.2, 0) is 0 Å². The molecule has 0 aliphatic heterocycles. The molecule has 0 aliphatic carbocycles. The summed E-state index contributed by atoms with van der Waals surface area (Å²) in [6.07, 6.45) is 5.70. The minimum atomic E-state index is 0.335. The Hall–Kier alpha value is -1.61. The van der Waals surface area contributed by atoms with Gasteiger partial charge in [0.15, 0.2) is 0 Å². The van der Waals surface area contributed by atoms with Crippen LogP contribution in [0.25, 0.3) is 5.69 Å². The number of para-hydroxylation sites is 1. The van der Waals surface area contributed by atoms with Gasteiger partial charge in [-0.05, 0) is 37.6 Å². The second-order valence-electron chi connectivity index (χ2n) is 5.49. The molecule has 0 amide bonds. The molecule has 0 saturated carbocycles. The van der Waals surface area contributed by atoms with Crippen LogP contribution >= 0.6 is 0 Å². The van der Waals surface area contributed by atoms with Crippen molar-refractivity contribution in [1.82, 2.24) is 15.1 Å². The van der Waals surface area contributed by atoms with Gasteiger partial charge in [-0.15, -0.1) is 0 Å². The van der Waals surface area contributed by atoms with Gasteiger partial charge in [-0.25, -0.2) is 4.68 Å². The lowest BCUT2D eigenvalue weighted by Gasteiger charge is -2.18. The quantitative estimate of drug-likeness (QED) is 0.826. The lowest BCUT2D eigenvalue weighted by molar-refractivity contribution is 0.400. The minimum absolute atomic E-state index is 0.335. The van der Waals surface area contributed by atoms with Crippen molar-refractivity contribution in [3.8, 4) is 5.69 Å². The second-order valence-corrected chi connectivity index (χ2v) is 5.49. The maximum atomic E-state index is 4.72. The smallest absolute Gasteiger partial charge is 0.0798 e. The summed E-state index contributed by atoms with van der Waals surface area (Å²) in [6, 6.07) is 12.7. The van der Waals surface area contributed by atoms with E-state index in [-0.39, 0.29) is 0 Å². The molecule has 3 nitrogen and oxygen atoms in total. The highest BCUT2D eigenvalue weighted by molar-refractivity contribution is 5.30. The van der Waals surface area contributed by atoms with Gasteiger partial charge < -0.3 is 5.32 Å². The first-order chi connectivity index (χ1) is 9.74. The highest BCUT2D eigenvalue weighted by atomic mass is 15.3. The van der Waals surface area contributed by atoms with E-state index in [0.29, 0.717) is 6.04 Å². The van der Waals surface area contributed by atoms with Crippen molar-refractivity contribution in [3.63, 3.8) is 0 Å². The van der Waals surface area contributed by atoms with Gasteiger partial charge in [0.1, 0.15) is 0 Å². The van der Waals surface area contributed by atoms with E-state index in [1.807, 2.05) is 36.1 Å². The Morgan fingerprint density at radius 2 is 1.95 bits per heavy atom. The van der Waals surface area contributed by atoms with Gasteiger partial charge in [-0.2, -0.15) is 5.10 Å². The van der Waals surface area contributed by atoms with Crippen LogP contribution in [0.4, 0.5) is 0 Å². The third kappa shape index (κ3) is 3.70. The summed E-state index contributed by atoms with van der Waals surface area (Å²) in [7, 11) is 2.02. The van der Waals surface area contributed by atoms with Crippen molar-refractivity contribution in [2.24, 2.45) is 5.92 Å². The van der Waals surface area contributed by atoms with E-state index in [1.54, 1.807) is 0 Å². The molecule has 1 N–H and O–H groups in total. The van der Waals surface area contributed by atoms with Gasteiger partial charge in [0.25, 0.3) is 0 Å². The molecule has 0 radical (unpaired) electrons. The van der Waals surface area contributed by atoms with Crippen LogP contribution in [0.2, 0.25) is 0 Å². The van der Waals surface area contributed by atoms with E-state index < -0.39 is 0 Å². The van der Waals surface area contributed by atoms with E-state index in [9.17, 15) is 0 Å². The highest BCUT2D eigenvalue weighted by Crippen LogP contribution is 2.23. The SMILES string of the molecule is CCCC(C)CC(NC)c1ccn(-c2ccccc2)n1. The topological polar surface area (TPSA) is 29.9 Å². The Bertz CT molecular complexity index is 504. The molecule has 2 aromatic rings. The zero-order valence-corrected chi connectivity index (χ0v) is 12.7. The van der Waals surface area contributed by atoms with Crippen molar-refractivity contribution in [2.45, 2.75) is 39.2 Å². The summed E-state index contributed by atoms with van der Waals surface area (Å²) in [4.78, 5) is 0. The number of benzene rings is 1. The van der Waals surface area contributed by atoms with E-state index in [2.05, 4.69) is 37.4 Å². The van der Waals surface area contributed by atoms with Crippen molar-refractivity contribution in [2.75, 3.05) is 7.05 Å². The zero-order chi connectivity index (χ0) is 14.4. The first-order valence-corrected chi connectivity index (χ1v) is 7.52. The fourth-order valence-electron chi connectivity index (χ4n) is 2.65. The van der Waals surface area contributed by atoms with E-state index >= 15 is 0 Å². The Morgan fingerprint density at radius 1 is 1.20 bits per heavy atom. The Kier molecular flexibility index (Phi) is 5.36. The molecule has 1 aromatic carbocycles. The number of nitrogens with one attached hydrogen (secondary N) is 1. The van der Waals surface area contributed by atoms with Gasteiger partial charge in [0.2, 0.25) is 0 Å². The van der Waals surface area contributed by atoms with Crippen LogP contribution < -0.4 is 5.32 Å². The van der Waals surface area contributed by atoms with Crippen LogP contribution in [0, 0.1) is 5.92 Å². The molecule has 0 spiro atoms. The number of aromatic nitrogens is 2. The van der Waals surface area contributed by atoms with Crippen LogP contribution in [-0.4, -0.2) is 16.8 Å². The minimum Gasteiger partial charge on any atom is -0.312 e. The van der Waals surface area contributed by atoms with E-state index in [0.717, 1.165) is 23.7 Å². The molecule has 0 fully saturated rings. The number of hydrogen-bond acceptors (Lipinski definition) is 2. The predicted octanol–water partition coefficient (Wildman–Crippen LogP) is 3.96. The lowest BCUT2D eigenvalue weighted by Crippen LogP contribution is -2.19. The summed E-state index contributed by atoms with van der Waals surface area (Å²) in [5, 5.41) is 8.12. The summed E-state index contributed by atoms with van der Waals surface area (Å²) in [5.41, 5.74) is 2.23. The first-order valence-electron chi connectivity index (χ1n) is 7.52. The summed E-state index contributed by atoms with van der Waals surface area (Å²) in [6.45, 7) is 4.57. The lowest BCUT2D eigenvalue weighted by atomic mass is 9.96. The first kappa shape index (κ1) is 14.8. The van der Waals surface area contributed by atoms with E-state index in [4.69, 9.17) is 5.10 Å². The molecule has 2 rings (SSSR count). The molecular formula is C17H25N3. The maximum Gasteiger partial charge on any atom is 0.0798 e. The van der Waals surface area contributed by atoms with Gasteiger partial charge in [-0.3, -0.25) is 0 Å². The Balaban J connectivity index is 2.10. The van der Waals surface area contributed by atoms with Crippen LogP contribution in [0.1, 0.15) is 44.8 Å². The average Bonchev–Trinajstić information content (AvgIpc) is 2.95. The molecule has 2 unspecified atom stereocenters. The summed E-state index contributed by atoms with van der Waals surface area (Å²) in [5.74, 6) is 0.722. The largest absolute Gasteiger partial charge is 0.312 e.